The minimum absolute atomic E-state index is 0.0746. The number of carbonyl (C=O) groups is 1. The van der Waals surface area contributed by atoms with Crippen LogP contribution in [-0.2, 0) is 11.3 Å². The largest absolute Gasteiger partial charge is 0.353 e. The summed E-state index contributed by atoms with van der Waals surface area (Å²) in [6.45, 7) is 8.69. The maximum Gasteiger partial charge on any atom is 0.239 e. The average molecular weight is 404 g/mol. The number of carbonyl (C=O) groups excluding carboxylic acids is 1. The van der Waals surface area contributed by atoms with Crippen molar-refractivity contribution in [2.75, 3.05) is 13.1 Å². The van der Waals surface area contributed by atoms with Crippen molar-refractivity contribution in [3.05, 3.63) is 60.3 Å². The summed E-state index contributed by atoms with van der Waals surface area (Å²) in [6, 6.07) is 18.3. The molecule has 1 aliphatic rings. The van der Waals surface area contributed by atoms with Gasteiger partial charge >= 0.3 is 0 Å². The van der Waals surface area contributed by atoms with Crippen molar-refractivity contribution in [1.29, 1.82) is 0 Å². The summed E-state index contributed by atoms with van der Waals surface area (Å²) in [5, 5.41) is 4.29. The summed E-state index contributed by atoms with van der Waals surface area (Å²) in [5.41, 5.74) is 4.73. The molecular formula is C26H33N3O. The minimum Gasteiger partial charge on any atom is -0.353 e. The molecule has 1 amide bonds. The molecule has 0 spiro atoms. The number of nitrogens with zero attached hydrogens (tertiary/aromatic N) is 2. The zero-order chi connectivity index (χ0) is 21.1. The van der Waals surface area contributed by atoms with Gasteiger partial charge in [-0.05, 0) is 62.3 Å². The van der Waals surface area contributed by atoms with Crippen LogP contribution in [0.15, 0.2) is 54.7 Å². The summed E-state index contributed by atoms with van der Waals surface area (Å²) >= 11 is 0. The van der Waals surface area contributed by atoms with Crippen LogP contribution in [-0.4, -0.2) is 40.5 Å². The fourth-order valence-electron chi connectivity index (χ4n) is 4.70. The van der Waals surface area contributed by atoms with E-state index < -0.39 is 0 Å². The Morgan fingerprint density at radius 1 is 1.00 bits per heavy atom. The highest BCUT2D eigenvalue weighted by Gasteiger charge is 2.24. The first-order chi connectivity index (χ1) is 14.5. The van der Waals surface area contributed by atoms with Gasteiger partial charge in [0.25, 0.3) is 0 Å². The second-order valence-electron chi connectivity index (χ2n) is 8.80. The molecule has 1 aromatic heterocycles. The van der Waals surface area contributed by atoms with Gasteiger partial charge in [0.15, 0.2) is 0 Å². The Labute approximate surface area is 179 Å². The lowest BCUT2D eigenvalue weighted by Gasteiger charge is -2.39. The van der Waals surface area contributed by atoms with E-state index in [1.807, 2.05) is 6.20 Å². The molecule has 4 heteroatoms. The van der Waals surface area contributed by atoms with Crippen LogP contribution in [0, 0.1) is 6.92 Å². The summed E-state index contributed by atoms with van der Waals surface area (Å²) in [6.07, 6.45) is 5.85. The molecule has 0 saturated carbocycles. The second kappa shape index (κ2) is 9.05. The van der Waals surface area contributed by atoms with Crippen LogP contribution >= 0.6 is 0 Å². The van der Waals surface area contributed by atoms with Crippen LogP contribution in [0.4, 0.5) is 0 Å². The Morgan fingerprint density at radius 3 is 2.43 bits per heavy atom. The van der Waals surface area contributed by atoms with E-state index in [1.54, 1.807) is 0 Å². The molecule has 2 unspecified atom stereocenters. The molecule has 4 rings (SSSR count). The maximum absolute atomic E-state index is 12.6. The molecule has 0 aliphatic carbocycles. The number of benzene rings is 2. The smallest absolute Gasteiger partial charge is 0.239 e. The molecule has 2 heterocycles. The molecule has 158 valence electrons. The number of likely N-dealkylation sites (tertiary alicyclic amines) is 1. The van der Waals surface area contributed by atoms with Gasteiger partial charge in [0.1, 0.15) is 6.54 Å². The normalized spacial score (nSPS) is 19.8. The highest BCUT2D eigenvalue weighted by Crippen LogP contribution is 2.26. The Hall–Kier alpha value is -2.59. The van der Waals surface area contributed by atoms with E-state index >= 15 is 0 Å². The van der Waals surface area contributed by atoms with Crippen molar-refractivity contribution in [2.45, 2.75) is 58.7 Å². The fourth-order valence-corrected chi connectivity index (χ4v) is 4.70. The molecule has 0 bridgehead atoms. The van der Waals surface area contributed by atoms with Crippen LogP contribution in [0.2, 0.25) is 0 Å². The Kier molecular flexibility index (Phi) is 6.24. The highest BCUT2D eigenvalue weighted by molar-refractivity contribution is 5.87. The molecule has 2 aromatic carbocycles. The Bertz CT molecular complexity index is 995. The third kappa shape index (κ3) is 4.59. The molecule has 2 atom stereocenters. The van der Waals surface area contributed by atoms with Crippen molar-refractivity contribution >= 4 is 16.8 Å². The van der Waals surface area contributed by atoms with Crippen LogP contribution in [0.25, 0.3) is 22.0 Å². The number of piperidine rings is 1. The van der Waals surface area contributed by atoms with Gasteiger partial charge in [-0.25, -0.2) is 0 Å². The third-order valence-electron chi connectivity index (χ3n) is 6.54. The lowest BCUT2D eigenvalue weighted by molar-refractivity contribution is -0.121. The number of aryl methyl sites for hydroxylation is 1. The lowest BCUT2D eigenvalue weighted by Crippen LogP contribution is -2.47. The van der Waals surface area contributed by atoms with Gasteiger partial charge < -0.3 is 9.88 Å². The van der Waals surface area contributed by atoms with Crippen molar-refractivity contribution in [3.63, 3.8) is 0 Å². The first-order valence-electron chi connectivity index (χ1n) is 11.2. The average Bonchev–Trinajstić information content (AvgIpc) is 3.13. The second-order valence-corrected chi connectivity index (χ2v) is 8.80. The van der Waals surface area contributed by atoms with E-state index in [2.05, 4.69) is 84.1 Å². The Morgan fingerprint density at radius 2 is 1.70 bits per heavy atom. The highest BCUT2D eigenvalue weighted by atomic mass is 16.1. The van der Waals surface area contributed by atoms with Gasteiger partial charge in [-0.15, -0.1) is 0 Å². The first-order valence-corrected chi connectivity index (χ1v) is 11.2. The summed E-state index contributed by atoms with van der Waals surface area (Å²) in [5.74, 6) is 0.0746. The van der Waals surface area contributed by atoms with Crippen molar-refractivity contribution in [1.82, 2.24) is 14.8 Å². The van der Waals surface area contributed by atoms with Gasteiger partial charge in [-0.3, -0.25) is 9.69 Å². The number of rotatable bonds is 6. The van der Waals surface area contributed by atoms with Gasteiger partial charge in [-0.2, -0.15) is 0 Å². The zero-order valence-electron chi connectivity index (χ0n) is 18.4. The van der Waals surface area contributed by atoms with Crippen LogP contribution in [0.5, 0.6) is 0 Å². The van der Waals surface area contributed by atoms with Gasteiger partial charge in [0.2, 0.25) is 5.91 Å². The SMILES string of the molecule is Cc1ccc(-c2ccc3ccn(CC(=O)NCCN4C(C)CCCC4C)c3c2)cc1. The molecule has 1 saturated heterocycles. The molecule has 0 radical (unpaired) electrons. The number of hydrogen-bond acceptors (Lipinski definition) is 2. The monoisotopic (exact) mass is 403 g/mol. The topological polar surface area (TPSA) is 37.3 Å². The predicted octanol–water partition coefficient (Wildman–Crippen LogP) is 5.00. The van der Waals surface area contributed by atoms with Gasteiger partial charge in [0, 0.05) is 36.9 Å². The van der Waals surface area contributed by atoms with E-state index in [9.17, 15) is 4.79 Å². The number of amides is 1. The number of hydrogen-bond donors (Lipinski definition) is 1. The molecule has 1 aliphatic heterocycles. The standard InChI is InChI=1S/C26H33N3O/c1-19-7-9-22(10-8-19)24-12-11-23-13-15-28(25(23)17-24)18-26(30)27-14-16-29-20(2)5-4-6-21(29)3/h7-13,15,17,20-21H,4-6,14,16,18H2,1-3H3,(H,27,30). The molecule has 1 fully saturated rings. The van der Waals surface area contributed by atoms with E-state index in [0.717, 1.165) is 17.4 Å². The summed E-state index contributed by atoms with van der Waals surface area (Å²) in [7, 11) is 0. The van der Waals surface area contributed by atoms with Crippen LogP contribution in [0.1, 0.15) is 38.7 Å². The first kappa shape index (κ1) is 20.7. The summed E-state index contributed by atoms with van der Waals surface area (Å²) < 4.78 is 2.05. The van der Waals surface area contributed by atoms with E-state index in [1.165, 1.54) is 36.0 Å². The van der Waals surface area contributed by atoms with E-state index in [4.69, 9.17) is 0 Å². The predicted molar refractivity (Wildman–Crippen MR) is 125 cm³/mol. The van der Waals surface area contributed by atoms with Crippen molar-refractivity contribution in [2.24, 2.45) is 0 Å². The molecule has 1 N–H and O–H groups in total. The minimum atomic E-state index is 0.0746. The molecule has 30 heavy (non-hydrogen) atoms. The van der Waals surface area contributed by atoms with Gasteiger partial charge in [-0.1, -0.05) is 48.4 Å². The zero-order valence-corrected chi connectivity index (χ0v) is 18.4. The van der Waals surface area contributed by atoms with Crippen LogP contribution < -0.4 is 5.32 Å². The van der Waals surface area contributed by atoms with Crippen molar-refractivity contribution < 1.29 is 4.79 Å². The molecular weight excluding hydrogens is 370 g/mol. The molecule has 4 nitrogen and oxygen atoms in total. The maximum atomic E-state index is 12.6. The Balaban J connectivity index is 1.40. The number of aromatic nitrogens is 1. The lowest BCUT2D eigenvalue weighted by atomic mass is 9.98. The number of fused-ring (bicyclic) bond motifs is 1. The quantitative estimate of drug-likeness (QED) is 0.629. The van der Waals surface area contributed by atoms with Crippen LogP contribution in [0.3, 0.4) is 0 Å². The summed E-state index contributed by atoms with van der Waals surface area (Å²) in [4.78, 5) is 15.1. The van der Waals surface area contributed by atoms with E-state index in [-0.39, 0.29) is 5.91 Å². The molecule has 3 aromatic rings. The number of nitrogens with one attached hydrogen (secondary N) is 1. The van der Waals surface area contributed by atoms with E-state index in [0.29, 0.717) is 25.2 Å². The van der Waals surface area contributed by atoms with Crippen molar-refractivity contribution in [3.8, 4) is 11.1 Å². The van der Waals surface area contributed by atoms with Gasteiger partial charge in [0.05, 0.1) is 0 Å². The fraction of sp³-hybridized carbons (Fsp3) is 0.423. The third-order valence-corrected chi connectivity index (χ3v) is 6.54.